The largest absolute Gasteiger partial charge is 0.302 e. The van der Waals surface area contributed by atoms with Gasteiger partial charge in [0.1, 0.15) is 5.78 Å². The van der Waals surface area contributed by atoms with Gasteiger partial charge < -0.3 is 4.18 Å². The molecule has 142 valence electrons. The monoisotopic (exact) mass is 476 g/mol. The molecule has 25 heavy (non-hydrogen) atoms. The van der Waals surface area contributed by atoms with E-state index in [1.54, 1.807) is 5.57 Å². The minimum absolute atomic E-state index is 0.00103. The number of fused-ring (bicyclic) bond motifs is 5. The van der Waals surface area contributed by atoms with Gasteiger partial charge in [-0.05, 0) is 68.1 Å². The van der Waals surface area contributed by atoms with Crippen LogP contribution in [-0.2, 0) is 8.98 Å². The minimum Gasteiger partial charge on any atom is -0.302 e. The lowest BCUT2D eigenvalue weighted by molar-refractivity contribution is -0.131. The van der Waals surface area contributed by atoms with E-state index >= 15 is 0 Å². The summed E-state index contributed by atoms with van der Waals surface area (Å²) in [7, 11) is 1.49. The molecule has 0 radical (unpaired) electrons. The Labute approximate surface area is 170 Å². The standard InChI is InChI=1S/C19H27IO2S.C2H6/c1-18-9-7-13(22-23-20)11-12(18)3-4-14-15-5-6-17(21)19(15,2)10-8-16(14)18;1-2/h3,13-16H,4-11H2,1-2H3;1-2H3. The van der Waals surface area contributed by atoms with E-state index < -0.39 is 0 Å². The van der Waals surface area contributed by atoms with Gasteiger partial charge in [-0.25, -0.2) is 0 Å². The number of hydrogen-bond donors (Lipinski definition) is 0. The van der Waals surface area contributed by atoms with Crippen LogP contribution < -0.4 is 0 Å². The number of ketones is 1. The molecular formula is C21H33IO2S. The summed E-state index contributed by atoms with van der Waals surface area (Å²) in [5, 5.41) is 0. The summed E-state index contributed by atoms with van der Waals surface area (Å²) in [6.07, 6.45) is 12.1. The molecule has 0 spiro atoms. The zero-order valence-electron chi connectivity index (χ0n) is 16.1. The summed E-state index contributed by atoms with van der Waals surface area (Å²) in [5.74, 6) is 2.73. The highest BCUT2D eigenvalue weighted by molar-refractivity contribution is 14.2. The van der Waals surface area contributed by atoms with Gasteiger partial charge in [-0.2, -0.15) is 0 Å². The summed E-state index contributed by atoms with van der Waals surface area (Å²) < 4.78 is 5.83. The third kappa shape index (κ3) is 3.26. The highest BCUT2D eigenvalue weighted by Gasteiger charge is 2.58. The summed E-state index contributed by atoms with van der Waals surface area (Å²) in [5.41, 5.74) is 2.03. The molecule has 0 aromatic rings. The molecule has 0 bridgehead atoms. The third-order valence-electron chi connectivity index (χ3n) is 7.94. The van der Waals surface area contributed by atoms with Crippen molar-refractivity contribution >= 4 is 36.2 Å². The molecule has 6 atom stereocenters. The van der Waals surface area contributed by atoms with Crippen LogP contribution in [0.5, 0.6) is 0 Å². The molecule has 0 heterocycles. The number of hydrogen-bond acceptors (Lipinski definition) is 3. The average molecular weight is 476 g/mol. The maximum absolute atomic E-state index is 12.4. The fraction of sp³-hybridized carbons (Fsp3) is 0.857. The Morgan fingerprint density at radius 3 is 2.52 bits per heavy atom. The Balaban J connectivity index is 0.000000880. The summed E-state index contributed by atoms with van der Waals surface area (Å²) in [6, 6.07) is 0. The Kier molecular flexibility index (Phi) is 6.32. The highest BCUT2D eigenvalue weighted by atomic mass is 127. The number of halogens is 1. The molecule has 3 fully saturated rings. The number of Topliss-reactive ketones (excluding diaryl/α,β-unsaturated/α-hetero) is 1. The van der Waals surface area contributed by atoms with Crippen LogP contribution in [0, 0.1) is 28.6 Å². The highest BCUT2D eigenvalue weighted by Crippen LogP contribution is 2.64. The van der Waals surface area contributed by atoms with Crippen molar-refractivity contribution in [3.63, 3.8) is 0 Å². The Morgan fingerprint density at radius 2 is 1.80 bits per heavy atom. The molecule has 0 aliphatic heterocycles. The van der Waals surface area contributed by atoms with Gasteiger partial charge in [0.05, 0.1) is 15.3 Å². The Bertz CT molecular complexity index is 548. The van der Waals surface area contributed by atoms with Crippen molar-refractivity contribution in [2.75, 3.05) is 0 Å². The lowest BCUT2D eigenvalue weighted by Crippen LogP contribution is -2.50. The van der Waals surface area contributed by atoms with Gasteiger partial charge in [0.2, 0.25) is 0 Å². The molecule has 0 N–H and O–H groups in total. The molecule has 2 nitrogen and oxygen atoms in total. The topological polar surface area (TPSA) is 26.3 Å². The van der Waals surface area contributed by atoms with E-state index in [2.05, 4.69) is 41.1 Å². The zero-order chi connectivity index (χ0) is 18.2. The van der Waals surface area contributed by atoms with E-state index in [4.69, 9.17) is 4.18 Å². The van der Waals surface area contributed by atoms with Crippen molar-refractivity contribution in [2.45, 2.75) is 85.2 Å². The van der Waals surface area contributed by atoms with Crippen molar-refractivity contribution in [1.29, 1.82) is 0 Å². The molecule has 4 aliphatic carbocycles. The first-order chi connectivity index (χ1) is 12.0. The van der Waals surface area contributed by atoms with Crippen LogP contribution in [0.1, 0.15) is 79.1 Å². The molecule has 0 amide bonds. The minimum atomic E-state index is 0.00103. The van der Waals surface area contributed by atoms with Gasteiger partial charge in [0.25, 0.3) is 0 Å². The van der Waals surface area contributed by atoms with Crippen LogP contribution in [-0.4, -0.2) is 11.9 Å². The van der Waals surface area contributed by atoms with Gasteiger partial charge in [-0.1, -0.05) is 39.3 Å². The first kappa shape index (κ1) is 20.2. The fourth-order valence-electron chi connectivity index (χ4n) is 6.53. The molecule has 4 rings (SSSR count). The second kappa shape index (κ2) is 7.83. The van der Waals surface area contributed by atoms with Crippen molar-refractivity contribution in [3.8, 4) is 0 Å². The van der Waals surface area contributed by atoms with Crippen LogP contribution in [0.15, 0.2) is 11.6 Å². The Hall–Kier alpha value is 0.450. The lowest BCUT2D eigenvalue weighted by Gasteiger charge is -2.56. The fourth-order valence-corrected chi connectivity index (χ4v) is 7.68. The first-order valence-corrected chi connectivity index (χ1v) is 13.4. The first-order valence-electron chi connectivity index (χ1n) is 10.2. The second-order valence-electron chi connectivity index (χ2n) is 8.70. The van der Waals surface area contributed by atoms with Crippen LogP contribution in [0.25, 0.3) is 0 Å². The Morgan fingerprint density at radius 1 is 1.12 bits per heavy atom. The summed E-state index contributed by atoms with van der Waals surface area (Å²) in [6.45, 7) is 8.79. The smallest absolute Gasteiger partial charge is 0.139 e. The van der Waals surface area contributed by atoms with Crippen LogP contribution in [0.4, 0.5) is 0 Å². The van der Waals surface area contributed by atoms with E-state index in [0.717, 1.165) is 37.5 Å². The molecule has 0 aromatic carbocycles. The number of rotatable bonds is 2. The van der Waals surface area contributed by atoms with E-state index in [1.165, 1.54) is 34.9 Å². The molecule has 0 saturated heterocycles. The number of carbonyl (C=O) groups is 1. The number of carbonyl (C=O) groups excluding carboxylic acids is 1. The van der Waals surface area contributed by atoms with Crippen molar-refractivity contribution in [1.82, 2.24) is 0 Å². The van der Waals surface area contributed by atoms with E-state index in [1.807, 2.05) is 13.8 Å². The molecule has 4 aliphatic rings. The van der Waals surface area contributed by atoms with Crippen LogP contribution in [0.2, 0.25) is 0 Å². The second-order valence-corrected chi connectivity index (χ2v) is 10.1. The molecule has 0 aromatic heterocycles. The zero-order valence-corrected chi connectivity index (χ0v) is 19.1. The maximum atomic E-state index is 12.4. The predicted octanol–water partition coefficient (Wildman–Crippen LogP) is 6.93. The predicted molar refractivity (Wildman–Crippen MR) is 115 cm³/mol. The molecular weight excluding hydrogens is 443 g/mol. The quantitative estimate of drug-likeness (QED) is 0.246. The molecule has 3 saturated carbocycles. The van der Waals surface area contributed by atoms with E-state index in [9.17, 15) is 4.79 Å². The summed E-state index contributed by atoms with van der Waals surface area (Å²) >= 11 is 2.23. The third-order valence-corrected chi connectivity index (χ3v) is 8.91. The maximum Gasteiger partial charge on any atom is 0.139 e. The average Bonchev–Trinajstić information content (AvgIpc) is 2.92. The van der Waals surface area contributed by atoms with E-state index in [0.29, 0.717) is 23.2 Å². The van der Waals surface area contributed by atoms with Gasteiger partial charge >= 0.3 is 0 Å². The molecule has 4 heteroatoms. The summed E-state index contributed by atoms with van der Waals surface area (Å²) in [4.78, 5) is 12.4. The van der Waals surface area contributed by atoms with E-state index in [-0.39, 0.29) is 5.41 Å². The van der Waals surface area contributed by atoms with Gasteiger partial charge in [-0.3, -0.25) is 4.79 Å². The van der Waals surface area contributed by atoms with Crippen molar-refractivity contribution in [2.24, 2.45) is 28.6 Å². The normalized spacial score (nSPS) is 45.5. The van der Waals surface area contributed by atoms with Crippen LogP contribution >= 0.6 is 30.4 Å². The van der Waals surface area contributed by atoms with Crippen molar-refractivity contribution < 1.29 is 8.98 Å². The number of allylic oxidation sites excluding steroid dienone is 1. The lowest BCUT2D eigenvalue weighted by atomic mass is 9.48. The van der Waals surface area contributed by atoms with Gasteiger partial charge in [0, 0.05) is 33.0 Å². The molecule has 6 unspecified atom stereocenters. The van der Waals surface area contributed by atoms with Gasteiger partial charge in [-0.15, -0.1) is 0 Å². The van der Waals surface area contributed by atoms with Crippen molar-refractivity contribution in [3.05, 3.63) is 11.6 Å². The van der Waals surface area contributed by atoms with Crippen LogP contribution in [0.3, 0.4) is 0 Å². The van der Waals surface area contributed by atoms with Gasteiger partial charge in [0.15, 0.2) is 0 Å². The SMILES string of the molecule is CC.CC12CCC3C(CC=C4CC(OSI)CCC43C)C1CCC2=O.